The first-order chi connectivity index (χ1) is 5.12. The molecule has 0 aromatic carbocycles. The highest BCUT2D eigenvalue weighted by molar-refractivity contribution is 7.48. The number of hydrogen-bond acceptors (Lipinski definition) is 3. The van der Waals surface area contributed by atoms with Gasteiger partial charge in [-0.25, -0.2) is 4.57 Å². The molecule has 0 atom stereocenters. The average molecular weight is 176 g/mol. The van der Waals surface area contributed by atoms with E-state index in [1.54, 1.807) is 0 Å². The van der Waals surface area contributed by atoms with Gasteiger partial charge in [-0.2, -0.15) is 0 Å². The number of terminal acetylenes is 2. The molecule has 0 amide bonds. The highest BCUT2D eigenvalue weighted by atomic mass is 31.2. The molecule has 3 nitrogen and oxygen atoms in total. The molecule has 0 heterocycles. The second kappa shape index (κ2) is 4.93. The van der Waals surface area contributed by atoms with E-state index in [-0.39, 0.29) is 0 Å². The van der Waals surface area contributed by atoms with E-state index >= 15 is 0 Å². The van der Waals surface area contributed by atoms with E-state index in [9.17, 15) is 8.76 Å². The summed E-state index contributed by atoms with van der Waals surface area (Å²) in [6.45, 7) is -0.809. The van der Waals surface area contributed by atoms with Gasteiger partial charge >= 0.3 is 7.91 Å². The van der Waals surface area contributed by atoms with E-state index < -0.39 is 21.1 Å². The first-order valence-corrected chi connectivity index (χ1v) is 4.01. The van der Waals surface area contributed by atoms with Crippen molar-refractivity contribution >= 4 is 7.91 Å². The van der Waals surface area contributed by atoms with E-state index in [2.05, 4.69) is 9.05 Å². The molecule has 0 unspecified atom stereocenters. The summed E-state index contributed by atoms with van der Waals surface area (Å²) in [6, 6.07) is 0. The zero-order valence-electron chi connectivity index (χ0n) is 5.62. The molecule has 60 valence electrons. The Balaban J connectivity index is 3.75. The molecule has 0 bridgehead atoms. The van der Waals surface area contributed by atoms with Crippen LogP contribution < -0.4 is 0 Å². The predicted molar refractivity (Wildman–Crippen MR) is 38.3 cm³/mol. The summed E-state index contributed by atoms with van der Waals surface area (Å²) in [4.78, 5) is 0. The van der Waals surface area contributed by atoms with Crippen molar-refractivity contribution in [3.05, 3.63) is 0 Å². The molecule has 0 aliphatic rings. The van der Waals surface area contributed by atoms with Crippen LogP contribution in [0.25, 0.3) is 0 Å². The van der Waals surface area contributed by atoms with Gasteiger partial charge in [0.1, 0.15) is 13.2 Å². The molecule has 0 fully saturated rings. The van der Waals surface area contributed by atoms with Crippen LogP contribution in [0.1, 0.15) is 0 Å². The van der Waals surface area contributed by atoms with E-state index in [1.165, 1.54) is 0 Å². The van der Waals surface area contributed by atoms with Gasteiger partial charge in [0.25, 0.3) is 0 Å². The van der Waals surface area contributed by atoms with Crippen LogP contribution in [0.15, 0.2) is 0 Å². The third-order valence-electron chi connectivity index (χ3n) is 0.604. The Kier molecular flexibility index (Phi) is 4.57. The van der Waals surface area contributed by atoms with Crippen molar-refractivity contribution in [2.75, 3.05) is 13.2 Å². The fourth-order valence-corrected chi connectivity index (χ4v) is 0.798. The Morgan fingerprint density at radius 3 is 1.91 bits per heavy atom. The molecule has 0 saturated carbocycles. The van der Waals surface area contributed by atoms with Crippen LogP contribution in [0.2, 0.25) is 0 Å². The van der Waals surface area contributed by atoms with Crippen molar-refractivity contribution in [1.82, 2.24) is 0 Å². The molecular formula is C6H6FO3P. The lowest BCUT2D eigenvalue weighted by molar-refractivity contribution is 0.208. The van der Waals surface area contributed by atoms with E-state index in [4.69, 9.17) is 12.8 Å². The topological polar surface area (TPSA) is 35.5 Å². The van der Waals surface area contributed by atoms with Crippen LogP contribution in [0.4, 0.5) is 4.20 Å². The third kappa shape index (κ3) is 5.63. The van der Waals surface area contributed by atoms with Gasteiger partial charge < -0.3 is 0 Å². The maximum atomic E-state index is 12.4. The van der Waals surface area contributed by atoms with Crippen LogP contribution in [-0.2, 0) is 13.6 Å². The van der Waals surface area contributed by atoms with Crippen molar-refractivity contribution in [2.24, 2.45) is 0 Å². The third-order valence-corrected chi connectivity index (χ3v) is 1.48. The Morgan fingerprint density at radius 1 is 1.27 bits per heavy atom. The Morgan fingerprint density at radius 2 is 1.64 bits per heavy atom. The summed E-state index contributed by atoms with van der Waals surface area (Å²) in [5.74, 6) is 3.87. The van der Waals surface area contributed by atoms with Gasteiger partial charge in [-0.15, -0.1) is 17.0 Å². The van der Waals surface area contributed by atoms with Gasteiger partial charge in [0.2, 0.25) is 0 Å². The largest absolute Gasteiger partial charge is 0.514 e. The summed E-state index contributed by atoms with van der Waals surface area (Å²) in [5.41, 5.74) is 0. The lowest BCUT2D eigenvalue weighted by Gasteiger charge is -2.04. The van der Waals surface area contributed by atoms with Crippen molar-refractivity contribution in [2.45, 2.75) is 0 Å². The van der Waals surface area contributed by atoms with Gasteiger partial charge in [-0.3, -0.25) is 9.05 Å². The van der Waals surface area contributed by atoms with E-state index in [1.807, 2.05) is 11.8 Å². The fourth-order valence-electron chi connectivity index (χ4n) is 0.266. The summed E-state index contributed by atoms with van der Waals surface area (Å²) in [5, 5.41) is 0. The highest BCUT2D eigenvalue weighted by Crippen LogP contribution is 2.49. The van der Waals surface area contributed by atoms with Crippen molar-refractivity contribution in [3.8, 4) is 24.7 Å². The first-order valence-electron chi connectivity index (χ1n) is 2.58. The SMILES string of the molecule is C#CCOP(=O)(F)OCC#C. The normalized spacial score (nSPS) is 10.1. The molecule has 0 aliphatic heterocycles. The molecular weight excluding hydrogens is 170 g/mol. The van der Waals surface area contributed by atoms with Gasteiger partial charge in [-0.1, -0.05) is 11.8 Å². The van der Waals surface area contributed by atoms with Gasteiger partial charge in [0.05, 0.1) is 0 Å². The molecule has 0 saturated heterocycles. The second-order valence-electron chi connectivity index (χ2n) is 1.39. The molecule has 0 rings (SSSR count). The Bertz CT molecular complexity index is 215. The lowest BCUT2D eigenvalue weighted by Crippen LogP contribution is -1.91. The number of rotatable bonds is 4. The molecule has 5 heteroatoms. The average Bonchev–Trinajstić information content (AvgIpc) is 1.97. The zero-order chi connectivity index (χ0) is 8.74. The van der Waals surface area contributed by atoms with Crippen LogP contribution in [-0.4, -0.2) is 13.2 Å². The molecule has 0 spiro atoms. The van der Waals surface area contributed by atoms with Crippen LogP contribution >= 0.6 is 7.91 Å². The minimum absolute atomic E-state index is 0.404. The van der Waals surface area contributed by atoms with E-state index in [0.717, 1.165) is 0 Å². The Labute approximate surface area is 64.5 Å². The number of halogens is 1. The van der Waals surface area contributed by atoms with Crippen LogP contribution in [0.5, 0.6) is 0 Å². The van der Waals surface area contributed by atoms with Gasteiger partial charge in [0.15, 0.2) is 0 Å². The van der Waals surface area contributed by atoms with Crippen molar-refractivity contribution < 1.29 is 17.8 Å². The van der Waals surface area contributed by atoms with E-state index in [0.29, 0.717) is 0 Å². The quantitative estimate of drug-likeness (QED) is 0.479. The highest BCUT2D eigenvalue weighted by Gasteiger charge is 2.22. The second-order valence-corrected chi connectivity index (χ2v) is 2.76. The zero-order valence-corrected chi connectivity index (χ0v) is 6.51. The summed E-state index contributed by atoms with van der Waals surface area (Å²) >= 11 is 0. The minimum Gasteiger partial charge on any atom is -0.271 e. The maximum Gasteiger partial charge on any atom is 0.514 e. The standard InChI is InChI=1S/C6H6FO3P/c1-3-5-9-11(7,8)10-6-4-2/h1-2H,5-6H2. The number of hydrogen-bond donors (Lipinski definition) is 0. The summed E-state index contributed by atoms with van der Waals surface area (Å²) < 4.78 is 30.8. The van der Waals surface area contributed by atoms with Gasteiger partial charge in [0, 0.05) is 0 Å². The fraction of sp³-hybridized carbons (Fsp3) is 0.333. The molecule has 0 aromatic rings. The monoisotopic (exact) mass is 176 g/mol. The minimum atomic E-state index is -4.51. The summed E-state index contributed by atoms with van der Waals surface area (Å²) in [7, 11) is -4.51. The Hall–Kier alpha value is -0.800. The molecule has 0 N–H and O–H groups in total. The van der Waals surface area contributed by atoms with Gasteiger partial charge in [-0.05, 0) is 0 Å². The smallest absolute Gasteiger partial charge is 0.271 e. The molecule has 0 aliphatic carbocycles. The maximum absolute atomic E-state index is 12.4. The molecule has 0 aromatic heterocycles. The summed E-state index contributed by atoms with van der Waals surface area (Å²) in [6.07, 6.45) is 9.41. The van der Waals surface area contributed by atoms with Crippen molar-refractivity contribution in [1.29, 1.82) is 0 Å². The van der Waals surface area contributed by atoms with Crippen LogP contribution in [0.3, 0.4) is 0 Å². The predicted octanol–water partition coefficient (Wildman–Crippen LogP) is 1.36. The molecule has 11 heavy (non-hydrogen) atoms. The lowest BCUT2D eigenvalue weighted by atomic mass is 10.8. The van der Waals surface area contributed by atoms with Crippen molar-refractivity contribution in [3.63, 3.8) is 0 Å². The first kappa shape index (κ1) is 10.2. The van der Waals surface area contributed by atoms with Crippen LogP contribution in [0, 0.1) is 24.7 Å². The molecule has 0 radical (unpaired) electrons.